The highest BCUT2D eigenvalue weighted by atomic mass is 32.2. The maximum absolute atomic E-state index is 10.5. The molecular weight excluding hydrogens is 266 g/mol. The molecule has 2 heterocycles. The van der Waals surface area contributed by atoms with Crippen molar-refractivity contribution in [3.8, 4) is 0 Å². The summed E-state index contributed by atoms with van der Waals surface area (Å²) in [5.74, 6) is 1.19. The fourth-order valence-corrected chi connectivity index (χ4v) is 3.97. The Balaban J connectivity index is 1.72. The SMILES string of the molecule is CCc1ccc(CC(O)C2CSc3ccccc32)nc1. The maximum Gasteiger partial charge on any atom is 0.0672 e. The van der Waals surface area contributed by atoms with Crippen molar-refractivity contribution in [1.82, 2.24) is 4.98 Å². The van der Waals surface area contributed by atoms with E-state index in [1.807, 2.05) is 24.0 Å². The number of fused-ring (bicyclic) bond motifs is 1. The first-order valence-corrected chi connectivity index (χ1v) is 8.10. The molecule has 104 valence electrons. The summed E-state index contributed by atoms with van der Waals surface area (Å²) in [4.78, 5) is 5.76. The van der Waals surface area contributed by atoms with Gasteiger partial charge in [0.1, 0.15) is 0 Å². The predicted octanol–water partition coefficient (Wildman–Crippen LogP) is 3.44. The zero-order chi connectivity index (χ0) is 13.9. The number of rotatable bonds is 4. The molecule has 1 aromatic carbocycles. The molecule has 20 heavy (non-hydrogen) atoms. The van der Waals surface area contributed by atoms with Crippen LogP contribution in [-0.2, 0) is 12.8 Å². The normalized spacial score (nSPS) is 18.8. The molecule has 3 rings (SSSR count). The van der Waals surface area contributed by atoms with Crippen LogP contribution in [0.4, 0.5) is 0 Å². The summed E-state index contributed by atoms with van der Waals surface area (Å²) >= 11 is 1.84. The van der Waals surface area contributed by atoms with Crippen LogP contribution < -0.4 is 0 Å². The third kappa shape index (κ3) is 2.74. The molecule has 0 amide bonds. The standard InChI is InChI=1S/C17H19NOS/c1-2-12-7-8-13(18-10-12)9-16(19)15-11-20-17-6-4-3-5-14(15)17/h3-8,10,15-16,19H,2,9,11H2,1H3. The number of aliphatic hydroxyl groups is 1. The summed E-state index contributed by atoms with van der Waals surface area (Å²) in [5.41, 5.74) is 3.50. The molecule has 2 atom stereocenters. The third-order valence-electron chi connectivity index (χ3n) is 3.91. The van der Waals surface area contributed by atoms with Crippen LogP contribution in [-0.4, -0.2) is 21.9 Å². The first kappa shape index (κ1) is 13.7. The van der Waals surface area contributed by atoms with Crippen molar-refractivity contribution >= 4 is 11.8 Å². The number of thioether (sulfide) groups is 1. The Morgan fingerprint density at radius 1 is 1.30 bits per heavy atom. The topological polar surface area (TPSA) is 33.1 Å². The van der Waals surface area contributed by atoms with Gasteiger partial charge in [-0.3, -0.25) is 4.98 Å². The largest absolute Gasteiger partial charge is 0.392 e. The number of nitrogens with zero attached hydrogens (tertiary/aromatic N) is 1. The molecule has 0 spiro atoms. The van der Waals surface area contributed by atoms with Crippen LogP contribution in [0.3, 0.4) is 0 Å². The van der Waals surface area contributed by atoms with Crippen LogP contribution in [0.1, 0.15) is 29.7 Å². The molecule has 0 fully saturated rings. The molecule has 0 bridgehead atoms. The first-order chi connectivity index (χ1) is 9.78. The van der Waals surface area contributed by atoms with Crippen LogP contribution in [0.5, 0.6) is 0 Å². The number of aryl methyl sites for hydroxylation is 1. The van der Waals surface area contributed by atoms with E-state index in [2.05, 4.69) is 42.2 Å². The maximum atomic E-state index is 10.5. The lowest BCUT2D eigenvalue weighted by atomic mass is 9.92. The lowest BCUT2D eigenvalue weighted by molar-refractivity contribution is 0.150. The van der Waals surface area contributed by atoms with Gasteiger partial charge in [-0.05, 0) is 29.7 Å². The number of hydrogen-bond acceptors (Lipinski definition) is 3. The summed E-state index contributed by atoms with van der Waals surface area (Å²) in [6, 6.07) is 12.5. The minimum atomic E-state index is -0.355. The van der Waals surface area contributed by atoms with Crippen molar-refractivity contribution in [1.29, 1.82) is 0 Å². The van der Waals surface area contributed by atoms with Crippen LogP contribution in [0.15, 0.2) is 47.5 Å². The molecule has 3 heteroatoms. The summed E-state index contributed by atoms with van der Waals surface area (Å²) in [7, 11) is 0. The van der Waals surface area contributed by atoms with E-state index in [0.717, 1.165) is 17.9 Å². The highest BCUT2D eigenvalue weighted by molar-refractivity contribution is 7.99. The Bertz CT molecular complexity index is 582. The molecule has 1 aromatic heterocycles. The van der Waals surface area contributed by atoms with Crippen molar-refractivity contribution in [2.24, 2.45) is 0 Å². The Hall–Kier alpha value is -1.32. The fraction of sp³-hybridized carbons (Fsp3) is 0.353. The lowest BCUT2D eigenvalue weighted by Crippen LogP contribution is -2.21. The predicted molar refractivity (Wildman–Crippen MR) is 83.2 cm³/mol. The van der Waals surface area contributed by atoms with Gasteiger partial charge in [-0.2, -0.15) is 0 Å². The number of benzene rings is 1. The van der Waals surface area contributed by atoms with E-state index in [9.17, 15) is 5.11 Å². The van der Waals surface area contributed by atoms with E-state index in [4.69, 9.17) is 0 Å². The fourth-order valence-electron chi connectivity index (χ4n) is 2.65. The van der Waals surface area contributed by atoms with E-state index in [-0.39, 0.29) is 12.0 Å². The quantitative estimate of drug-likeness (QED) is 0.934. The molecule has 1 aliphatic heterocycles. The van der Waals surface area contributed by atoms with E-state index in [1.54, 1.807) is 0 Å². The van der Waals surface area contributed by atoms with Crippen molar-refractivity contribution < 1.29 is 5.11 Å². The van der Waals surface area contributed by atoms with Gasteiger partial charge in [-0.15, -0.1) is 11.8 Å². The zero-order valence-corrected chi connectivity index (χ0v) is 12.4. The van der Waals surface area contributed by atoms with Gasteiger partial charge in [0.15, 0.2) is 0 Å². The number of pyridine rings is 1. The average Bonchev–Trinajstić information content (AvgIpc) is 2.92. The van der Waals surface area contributed by atoms with E-state index < -0.39 is 0 Å². The first-order valence-electron chi connectivity index (χ1n) is 7.11. The van der Waals surface area contributed by atoms with Gasteiger partial charge >= 0.3 is 0 Å². The van der Waals surface area contributed by atoms with Gasteiger partial charge in [0.2, 0.25) is 0 Å². The van der Waals surface area contributed by atoms with E-state index in [1.165, 1.54) is 16.0 Å². The van der Waals surface area contributed by atoms with Crippen molar-refractivity contribution in [2.45, 2.75) is 36.7 Å². The minimum absolute atomic E-state index is 0.226. The number of hydrogen-bond donors (Lipinski definition) is 1. The minimum Gasteiger partial charge on any atom is -0.392 e. The average molecular weight is 285 g/mol. The second-order valence-electron chi connectivity index (χ2n) is 5.24. The highest BCUT2D eigenvalue weighted by Crippen LogP contribution is 2.41. The van der Waals surface area contributed by atoms with Gasteiger partial charge in [0.05, 0.1) is 6.10 Å². The Kier molecular flexibility index (Phi) is 4.08. The van der Waals surface area contributed by atoms with Crippen LogP contribution in [0, 0.1) is 0 Å². The van der Waals surface area contributed by atoms with Gasteiger partial charge in [-0.1, -0.05) is 31.2 Å². The molecule has 1 N–H and O–H groups in total. The lowest BCUT2D eigenvalue weighted by Gasteiger charge is -2.18. The number of aromatic nitrogens is 1. The number of aliphatic hydroxyl groups excluding tert-OH is 1. The molecule has 2 aromatic rings. The van der Waals surface area contributed by atoms with E-state index in [0.29, 0.717) is 6.42 Å². The summed E-state index contributed by atoms with van der Waals surface area (Å²) in [5, 5.41) is 10.5. The molecule has 0 saturated heterocycles. The molecule has 2 unspecified atom stereocenters. The Labute approximate surface area is 124 Å². The van der Waals surface area contributed by atoms with Gasteiger partial charge < -0.3 is 5.11 Å². The molecular formula is C17H19NOS. The van der Waals surface area contributed by atoms with Gasteiger partial charge in [0, 0.05) is 34.9 Å². The summed E-state index contributed by atoms with van der Waals surface area (Å²) in [6.07, 6.45) is 3.19. The molecule has 0 radical (unpaired) electrons. The van der Waals surface area contributed by atoms with Gasteiger partial charge in [-0.25, -0.2) is 0 Å². The monoisotopic (exact) mass is 285 g/mol. The Morgan fingerprint density at radius 3 is 2.90 bits per heavy atom. The summed E-state index contributed by atoms with van der Waals surface area (Å²) < 4.78 is 0. The van der Waals surface area contributed by atoms with Crippen molar-refractivity contribution in [2.75, 3.05) is 5.75 Å². The second kappa shape index (κ2) is 5.98. The van der Waals surface area contributed by atoms with Crippen LogP contribution in [0.25, 0.3) is 0 Å². The molecule has 1 aliphatic rings. The summed E-state index contributed by atoms with van der Waals surface area (Å²) in [6.45, 7) is 2.12. The highest BCUT2D eigenvalue weighted by Gasteiger charge is 2.29. The molecule has 2 nitrogen and oxygen atoms in total. The van der Waals surface area contributed by atoms with Crippen LogP contribution >= 0.6 is 11.8 Å². The van der Waals surface area contributed by atoms with Gasteiger partial charge in [0.25, 0.3) is 0 Å². The van der Waals surface area contributed by atoms with E-state index >= 15 is 0 Å². The second-order valence-corrected chi connectivity index (χ2v) is 6.30. The van der Waals surface area contributed by atoms with Crippen molar-refractivity contribution in [3.63, 3.8) is 0 Å². The van der Waals surface area contributed by atoms with Crippen LogP contribution in [0.2, 0.25) is 0 Å². The van der Waals surface area contributed by atoms with Crippen molar-refractivity contribution in [3.05, 3.63) is 59.4 Å². The smallest absolute Gasteiger partial charge is 0.0672 e. The Morgan fingerprint density at radius 2 is 2.15 bits per heavy atom. The zero-order valence-electron chi connectivity index (χ0n) is 11.6. The molecule has 0 saturated carbocycles. The third-order valence-corrected chi connectivity index (χ3v) is 5.12. The molecule has 0 aliphatic carbocycles.